The summed E-state index contributed by atoms with van der Waals surface area (Å²) in [5, 5.41) is 14.9. The van der Waals surface area contributed by atoms with Crippen LogP contribution in [0, 0.1) is 18.6 Å². The summed E-state index contributed by atoms with van der Waals surface area (Å²) in [5.41, 5.74) is 12.8. The number of nitrogens with two attached hydrogens (primary N) is 1. The zero-order valence-electron chi connectivity index (χ0n) is 27.7. The van der Waals surface area contributed by atoms with Crippen molar-refractivity contribution in [3.63, 3.8) is 0 Å². The fraction of sp³-hybridized carbons (Fsp3) is 0.324. The van der Waals surface area contributed by atoms with Crippen LogP contribution >= 0.6 is 0 Å². The van der Waals surface area contributed by atoms with Crippen LogP contribution in [0.1, 0.15) is 39.9 Å². The van der Waals surface area contributed by atoms with E-state index in [1.807, 2.05) is 31.2 Å². The molecule has 2 aliphatic heterocycles. The third kappa shape index (κ3) is 7.20. The molecule has 2 aliphatic rings. The van der Waals surface area contributed by atoms with Gasteiger partial charge in [-0.05, 0) is 104 Å². The first-order chi connectivity index (χ1) is 23.7. The van der Waals surface area contributed by atoms with Crippen LogP contribution in [0.4, 0.5) is 31.8 Å². The first-order valence-electron chi connectivity index (χ1n) is 16.6. The minimum Gasteiger partial charge on any atom is -0.384 e. The highest BCUT2D eigenvalue weighted by Gasteiger charge is 2.23. The third-order valence-corrected chi connectivity index (χ3v) is 9.45. The van der Waals surface area contributed by atoms with Gasteiger partial charge in [-0.1, -0.05) is 0 Å². The Labute approximate surface area is 283 Å². The van der Waals surface area contributed by atoms with Crippen LogP contribution in [-0.4, -0.2) is 78.5 Å². The lowest BCUT2D eigenvalue weighted by Crippen LogP contribution is -2.44. The standard InChI is InChI=1S/C37H40F2N8O2/c1-22-13-35(40)41-21-32(22)30-20-34-31(17-24(30)14-23-15-25(38)18-26(39)16-23)36(45-44-34)43-37(48)29-4-3-28(47-9-7-46(2)8-10-47)19-33(29)42-27-5-11-49-12-6-27/h3-4,13,15-21,27,42H,5-12,14H2,1-2H3,(H2,40,41)(H2,43,44,45,48). The number of nitrogen functional groups attached to an aromatic ring is 1. The number of benzene rings is 3. The van der Waals surface area contributed by atoms with Crippen molar-refractivity contribution < 1.29 is 18.3 Å². The number of fused-ring (bicyclic) bond motifs is 1. The predicted molar refractivity (Wildman–Crippen MR) is 189 cm³/mol. The lowest BCUT2D eigenvalue weighted by atomic mass is 9.92. The van der Waals surface area contributed by atoms with E-state index in [4.69, 9.17) is 10.5 Å². The van der Waals surface area contributed by atoms with Crippen molar-refractivity contribution in [2.24, 2.45) is 0 Å². The van der Waals surface area contributed by atoms with Gasteiger partial charge in [0, 0.05) is 80.0 Å². The van der Waals surface area contributed by atoms with Gasteiger partial charge in [0.05, 0.1) is 11.1 Å². The second-order valence-corrected chi connectivity index (χ2v) is 13.0. The number of H-pyrrole nitrogens is 1. The van der Waals surface area contributed by atoms with Crippen molar-refractivity contribution >= 4 is 39.8 Å². The maximum absolute atomic E-state index is 14.2. The molecule has 0 unspecified atom stereocenters. The summed E-state index contributed by atoms with van der Waals surface area (Å²) in [6.07, 6.45) is 3.63. The van der Waals surface area contributed by atoms with Crippen LogP contribution in [-0.2, 0) is 11.2 Å². The van der Waals surface area contributed by atoms with Crippen molar-refractivity contribution in [1.82, 2.24) is 20.1 Å². The van der Waals surface area contributed by atoms with E-state index in [1.165, 1.54) is 12.1 Å². The van der Waals surface area contributed by atoms with Gasteiger partial charge in [0.25, 0.3) is 5.91 Å². The molecule has 4 heterocycles. The van der Waals surface area contributed by atoms with Crippen LogP contribution in [0.3, 0.4) is 0 Å². The number of halogens is 2. The van der Waals surface area contributed by atoms with E-state index in [0.29, 0.717) is 46.9 Å². The van der Waals surface area contributed by atoms with Crippen molar-refractivity contribution in [3.8, 4) is 11.1 Å². The molecule has 49 heavy (non-hydrogen) atoms. The highest BCUT2D eigenvalue weighted by atomic mass is 19.1. The van der Waals surface area contributed by atoms with Crippen LogP contribution < -0.4 is 21.3 Å². The molecule has 0 bridgehead atoms. The second-order valence-electron chi connectivity index (χ2n) is 13.0. The number of aromatic nitrogens is 3. The molecule has 0 saturated carbocycles. The van der Waals surface area contributed by atoms with Gasteiger partial charge >= 0.3 is 0 Å². The monoisotopic (exact) mass is 666 g/mol. The van der Waals surface area contributed by atoms with Gasteiger partial charge in [-0.3, -0.25) is 9.89 Å². The van der Waals surface area contributed by atoms with Crippen LogP contribution in [0.2, 0.25) is 0 Å². The number of carbonyl (C=O) groups is 1. The van der Waals surface area contributed by atoms with Crippen molar-refractivity contribution in [1.29, 1.82) is 0 Å². The first kappa shape index (κ1) is 32.5. The molecule has 2 aromatic heterocycles. The molecule has 2 saturated heterocycles. The summed E-state index contributed by atoms with van der Waals surface area (Å²) in [4.78, 5) is 23.0. The molecule has 7 rings (SSSR count). The van der Waals surface area contributed by atoms with Gasteiger partial charge in [-0.25, -0.2) is 13.8 Å². The van der Waals surface area contributed by atoms with Crippen LogP contribution in [0.5, 0.6) is 0 Å². The molecule has 12 heteroatoms. The Morgan fingerprint density at radius 1 is 1.00 bits per heavy atom. The van der Waals surface area contributed by atoms with Gasteiger partial charge in [0.1, 0.15) is 17.5 Å². The number of aryl methyl sites for hydroxylation is 1. The summed E-state index contributed by atoms with van der Waals surface area (Å²) in [6, 6.07) is 15.2. The largest absolute Gasteiger partial charge is 0.384 e. The number of piperazine rings is 1. The number of carbonyl (C=O) groups excluding carboxylic acids is 1. The molecule has 2 fully saturated rings. The number of likely N-dealkylation sites (N-methyl/N-ethyl adjacent to an activating group) is 1. The maximum atomic E-state index is 14.2. The number of anilines is 4. The fourth-order valence-electron chi connectivity index (χ4n) is 6.74. The molecule has 0 spiro atoms. The molecule has 0 atom stereocenters. The van der Waals surface area contributed by atoms with E-state index in [-0.39, 0.29) is 18.4 Å². The van der Waals surface area contributed by atoms with Crippen molar-refractivity contribution in [3.05, 3.63) is 94.7 Å². The summed E-state index contributed by atoms with van der Waals surface area (Å²) < 4.78 is 34.0. The van der Waals surface area contributed by atoms with Crippen molar-refractivity contribution in [2.45, 2.75) is 32.2 Å². The molecule has 10 nitrogen and oxygen atoms in total. The number of aromatic amines is 1. The molecule has 3 aromatic carbocycles. The number of hydrogen-bond acceptors (Lipinski definition) is 8. The van der Waals surface area contributed by atoms with E-state index >= 15 is 0 Å². The average Bonchev–Trinajstić information content (AvgIpc) is 3.46. The predicted octanol–water partition coefficient (Wildman–Crippen LogP) is 5.98. The van der Waals surface area contributed by atoms with Gasteiger partial charge in [0.15, 0.2) is 5.82 Å². The molecule has 5 aromatic rings. The number of hydrogen-bond donors (Lipinski definition) is 4. The Balaban J connectivity index is 1.24. The minimum atomic E-state index is -0.650. The molecule has 1 amide bonds. The van der Waals surface area contributed by atoms with Crippen molar-refractivity contribution in [2.75, 3.05) is 67.7 Å². The lowest BCUT2D eigenvalue weighted by molar-refractivity contribution is 0.0904. The SMILES string of the molecule is Cc1cc(N)ncc1-c1cc2[nH]nc(NC(=O)c3ccc(N4CCN(C)CC4)cc3NC3CCOCC3)c2cc1Cc1cc(F)cc(F)c1. The van der Waals surface area contributed by atoms with Gasteiger partial charge < -0.3 is 30.9 Å². The Morgan fingerprint density at radius 2 is 1.76 bits per heavy atom. The highest BCUT2D eigenvalue weighted by molar-refractivity contribution is 6.11. The number of pyridine rings is 1. The summed E-state index contributed by atoms with van der Waals surface area (Å²) in [5.74, 6) is -0.856. The second kappa shape index (κ2) is 13.8. The quantitative estimate of drug-likeness (QED) is 0.160. The first-order valence-corrected chi connectivity index (χ1v) is 16.6. The van der Waals surface area contributed by atoms with E-state index in [0.717, 1.165) is 78.7 Å². The van der Waals surface area contributed by atoms with Crippen LogP contribution in [0.25, 0.3) is 22.0 Å². The zero-order valence-corrected chi connectivity index (χ0v) is 27.7. The molecular formula is C37H40F2N8O2. The zero-order chi connectivity index (χ0) is 34.1. The number of rotatable bonds is 8. The van der Waals surface area contributed by atoms with E-state index < -0.39 is 11.6 Å². The number of ether oxygens (including phenoxy) is 1. The number of nitrogens with zero attached hydrogens (tertiary/aromatic N) is 4. The Kier molecular flexibility index (Phi) is 9.15. The normalized spacial score (nSPS) is 15.9. The highest BCUT2D eigenvalue weighted by Crippen LogP contribution is 2.35. The van der Waals surface area contributed by atoms with Gasteiger partial charge in [-0.15, -0.1) is 0 Å². The van der Waals surface area contributed by atoms with Gasteiger partial charge in [-0.2, -0.15) is 5.10 Å². The molecular weight excluding hydrogens is 626 g/mol. The minimum absolute atomic E-state index is 0.189. The third-order valence-electron chi connectivity index (χ3n) is 9.45. The lowest BCUT2D eigenvalue weighted by Gasteiger charge is -2.34. The Morgan fingerprint density at radius 3 is 2.49 bits per heavy atom. The number of nitrogens with one attached hydrogen (secondary N) is 3. The molecule has 5 N–H and O–H groups in total. The van der Waals surface area contributed by atoms with Crippen LogP contribution in [0.15, 0.2) is 60.8 Å². The average molecular weight is 667 g/mol. The number of amides is 1. The smallest absolute Gasteiger partial charge is 0.258 e. The molecule has 0 radical (unpaired) electrons. The van der Waals surface area contributed by atoms with Gasteiger partial charge in [0.2, 0.25) is 0 Å². The summed E-state index contributed by atoms with van der Waals surface area (Å²) in [6.45, 7) is 7.06. The van der Waals surface area contributed by atoms with E-state index in [9.17, 15) is 13.6 Å². The summed E-state index contributed by atoms with van der Waals surface area (Å²) in [7, 11) is 2.13. The van der Waals surface area contributed by atoms with E-state index in [1.54, 1.807) is 12.3 Å². The summed E-state index contributed by atoms with van der Waals surface area (Å²) >= 11 is 0. The fourth-order valence-corrected chi connectivity index (χ4v) is 6.74. The Hall–Kier alpha value is -5.07. The topological polar surface area (TPSA) is 124 Å². The van der Waals surface area contributed by atoms with E-state index in [2.05, 4.69) is 48.7 Å². The molecule has 254 valence electrons. The molecule has 0 aliphatic carbocycles. The Bertz CT molecular complexity index is 1980. The maximum Gasteiger partial charge on any atom is 0.258 e.